The van der Waals surface area contributed by atoms with Gasteiger partial charge in [0.05, 0.1) is 16.8 Å². The monoisotopic (exact) mass is 419 g/mol. The van der Waals surface area contributed by atoms with E-state index in [0.717, 1.165) is 24.8 Å². The highest BCUT2D eigenvalue weighted by molar-refractivity contribution is 7.99. The van der Waals surface area contributed by atoms with Gasteiger partial charge in [0, 0.05) is 19.3 Å². The predicted octanol–water partition coefficient (Wildman–Crippen LogP) is 3.23. The van der Waals surface area contributed by atoms with Gasteiger partial charge in [-0.25, -0.2) is 13.4 Å². The van der Waals surface area contributed by atoms with Crippen LogP contribution in [0, 0.1) is 0 Å². The predicted molar refractivity (Wildman–Crippen MR) is 111 cm³/mol. The molecule has 1 saturated heterocycles. The molecule has 2 heterocycles. The number of thioether (sulfide) groups is 1. The number of piperidine rings is 1. The molecule has 1 aromatic carbocycles. The van der Waals surface area contributed by atoms with Gasteiger partial charge in [-0.05, 0) is 37.5 Å². The molecule has 0 aliphatic carbocycles. The van der Waals surface area contributed by atoms with Crippen LogP contribution in [0.3, 0.4) is 0 Å². The lowest BCUT2D eigenvalue weighted by molar-refractivity contribution is -0.119. The number of sulfonamides is 1. The van der Waals surface area contributed by atoms with E-state index in [1.807, 2.05) is 37.3 Å². The fraction of sp³-hybridized carbons (Fsp3) is 0.400. The number of benzene rings is 1. The molecule has 6 nitrogen and oxygen atoms in total. The summed E-state index contributed by atoms with van der Waals surface area (Å²) in [6.07, 6.45) is 4.26. The van der Waals surface area contributed by atoms with E-state index in [0.29, 0.717) is 18.1 Å². The number of rotatable bonds is 7. The number of carbonyl (C=O) groups is 1. The molecule has 0 radical (unpaired) electrons. The third-order valence-corrected chi connectivity index (χ3v) is 7.52. The molecule has 3 rings (SSSR count). The van der Waals surface area contributed by atoms with Crippen LogP contribution < -0.4 is 5.32 Å². The highest BCUT2D eigenvalue weighted by Crippen LogP contribution is 2.22. The van der Waals surface area contributed by atoms with Crippen molar-refractivity contribution < 1.29 is 13.2 Å². The topological polar surface area (TPSA) is 79.4 Å². The lowest BCUT2D eigenvalue weighted by Crippen LogP contribution is -2.35. The maximum atomic E-state index is 12.6. The van der Waals surface area contributed by atoms with E-state index in [1.165, 1.54) is 22.3 Å². The number of aromatic nitrogens is 1. The lowest BCUT2D eigenvalue weighted by atomic mass is 10.1. The van der Waals surface area contributed by atoms with Gasteiger partial charge in [0.25, 0.3) is 0 Å². The number of pyridine rings is 1. The Kier molecular flexibility index (Phi) is 7.09. The van der Waals surface area contributed by atoms with Gasteiger partial charge >= 0.3 is 0 Å². The normalized spacial score (nSPS) is 16.5. The molecular formula is C20H25N3O3S2. The van der Waals surface area contributed by atoms with Gasteiger partial charge < -0.3 is 5.32 Å². The van der Waals surface area contributed by atoms with Crippen molar-refractivity contribution >= 4 is 27.7 Å². The summed E-state index contributed by atoms with van der Waals surface area (Å²) in [4.78, 5) is 16.6. The summed E-state index contributed by atoms with van der Waals surface area (Å²) < 4.78 is 26.8. The Morgan fingerprint density at radius 2 is 1.86 bits per heavy atom. The van der Waals surface area contributed by atoms with Crippen LogP contribution in [0.4, 0.5) is 0 Å². The molecule has 1 aliphatic heterocycles. The van der Waals surface area contributed by atoms with E-state index in [-0.39, 0.29) is 22.6 Å². The van der Waals surface area contributed by atoms with Gasteiger partial charge in [-0.2, -0.15) is 4.31 Å². The molecule has 1 aromatic heterocycles. The van der Waals surface area contributed by atoms with Gasteiger partial charge in [0.1, 0.15) is 4.90 Å². The molecule has 0 saturated carbocycles. The maximum absolute atomic E-state index is 12.6. The van der Waals surface area contributed by atoms with E-state index < -0.39 is 10.0 Å². The van der Waals surface area contributed by atoms with Crippen LogP contribution in [-0.4, -0.2) is 42.5 Å². The van der Waals surface area contributed by atoms with Crippen molar-refractivity contribution in [2.45, 2.75) is 42.1 Å². The van der Waals surface area contributed by atoms with Crippen LogP contribution in [0.2, 0.25) is 0 Å². The molecule has 0 unspecified atom stereocenters. The number of carbonyl (C=O) groups excluding carboxylic acids is 1. The smallest absolute Gasteiger partial charge is 0.244 e. The highest BCUT2D eigenvalue weighted by atomic mass is 32.2. The summed E-state index contributed by atoms with van der Waals surface area (Å²) in [5.74, 6) is 0.135. The second-order valence-corrected chi connectivity index (χ2v) is 9.72. The van der Waals surface area contributed by atoms with Gasteiger partial charge in [-0.3, -0.25) is 4.79 Å². The van der Waals surface area contributed by atoms with Crippen LogP contribution in [0.25, 0.3) is 0 Å². The highest BCUT2D eigenvalue weighted by Gasteiger charge is 2.26. The Hall–Kier alpha value is -1.90. The maximum Gasteiger partial charge on any atom is 0.244 e. The Morgan fingerprint density at radius 3 is 2.50 bits per heavy atom. The lowest BCUT2D eigenvalue weighted by Gasteiger charge is -2.25. The van der Waals surface area contributed by atoms with Crippen LogP contribution in [0.1, 0.15) is 37.8 Å². The Morgan fingerprint density at radius 1 is 1.14 bits per heavy atom. The first-order valence-corrected chi connectivity index (χ1v) is 11.8. The van der Waals surface area contributed by atoms with Crippen molar-refractivity contribution in [1.29, 1.82) is 0 Å². The van der Waals surface area contributed by atoms with Gasteiger partial charge in [0.2, 0.25) is 15.9 Å². The quantitative estimate of drug-likeness (QED) is 0.697. The third-order valence-electron chi connectivity index (χ3n) is 4.69. The summed E-state index contributed by atoms with van der Waals surface area (Å²) >= 11 is 1.29. The molecule has 8 heteroatoms. The molecule has 1 atom stereocenters. The molecule has 0 bridgehead atoms. The number of hydrogen-bond donors (Lipinski definition) is 1. The molecule has 2 aromatic rings. The zero-order valence-electron chi connectivity index (χ0n) is 15.9. The van der Waals surface area contributed by atoms with Crippen molar-refractivity contribution in [1.82, 2.24) is 14.6 Å². The second-order valence-electron chi connectivity index (χ2n) is 6.79. The van der Waals surface area contributed by atoms with Crippen LogP contribution >= 0.6 is 11.8 Å². The second kappa shape index (κ2) is 9.54. The zero-order valence-corrected chi connectivity index (χ0v) is 17.5. The summed E-state index contributed by atoms with van der Waals surface area (Å²) in [6, 6.07) is 12.9. The van der Waals surface area contributed by atoms with E-state index in [4.69, 9.17) is 0 Å². The van der Waals surface area contributed by atoms with Crippen LogP contribution in [-0.2, 0) is 14.8 Å². The van der Waals surface area contributed by atoms with Crippen LogP contribution in [0.15, 0.2) is 58.6 Å². The number of nitrogens with one attached hydrogen (secondary N) is 1. The summed E-state index contributed by atoms with van der Waals surface area (Å²) in [5.41, 5.74) is 1.05. The number of hydrogen-bond acceptors (Lipinski definition) is 5. The molecule has 150 valence electrons. The molecule has 1 N–H and O–H groups in total. The molecule has 1 fully saturated rings. The third kappa shape index (κ3) is 5.33. The molecule has 1 aliphatic rings. The Balaban J connectivity index is 1.53. The fourth-order valence-corrected chi connectivity index (χ4v) is 5.22. The van der Waals surface area contributed by atoms with Crippen molar-refractivity contribution in [3.63, 3.8) is 0 Å². The SMILES string of the molecule is C[C@H](NC(=O)CSc1ccc(S(=O)(=O)N2CCCCC2)cn1)c1ccccc1. The van der Waals surface area contributed by atoms with Crippen molar-refractivity contribution in [3.8, 4) is 0 Å². The minimum absolute atomic E-state index is 0.0701. The Labute approximate surface area is 170 Å². The first-order chi connectivity index (χ1) is 13.5. The largest absolute Gasteiger partial charge is 0.349 e. The fourth-order valence-electron chi connectivity index (χ4n) is 3.11. The van der Waals surface area contributed by atoms with Gasteiger partial charge in [-0.1, -0.05) is 48.5 Å². The molecule has 1 amide bonds. The first kappa shape index (κ1) is 20.8. The summed E-state index contributed by atoms with van der Waals surface area (Å²) in [6.45, 7) is 3.08. The molecule has 0 spiro atoms. The average Bonchev–Trinajstić information content (AvgIpc) is 2.74. The minimum Gasteiger partial charge on any atom is -0.349 e. The van der Waals surface area contributed by atoms with Crippen LogP contribution in [0.5, 0.6) is 0 Å². The van der Waals surface area contributed by atoms with E-state index >= 15 is 0 Å². The van der Waals surface area contributed by atoms with Crippen molar-refractivity contribution in [3.05, 3.63) is 54.2 Å². The molecule has 28 heavy (non-hydrogen) atoms. The number of nitrogens with zero attached hydrogens (tertiary/aromatic N) is 2. The van der Waals surface area contributed by atoms with E-state index in [2.05, 4.69) is 10.3 Å². The van der Waals surface area contributed by atoms with Gasteiger partial charge in [-0.15, -0.1) is 0 Å². The standard InChI is InChI=1S/C20H25N3O3S2/c1-16(17-8-4-2-5-9-17)22-19(24)15-27-20-11-10-18(14-21-20)28(25,26)23-12-6-3-7-13-23/h2,4-5,8-11,14,16H,3,6-7,12-13,15H2,1H3,(H,22,24)/t16-/m0/s1. The summed E-state index contributed by atoms with van der Waals surface area (Å²) in [7, 11) is -3.47. The van der Waals surface area contributed by atoms with E-state index in [1.54, 1.807) is 12.1 Å². The van der Waals surface area contributed by atoms with E-state index in [9.17, 15) is 13.2 Å². The van der Waals surface area contributed by atoms with Crippen molar-refractivity contribution in [2.24, 2.45) is 0 Å². The Bertz CT molecular complexity index is 881. The first-order valence-electron chi connectivity index (χ1n) is 9.40. The van der Waals surface area contributed by atoms with Gasteiger partial charge in [0.15, 0.2) is 0 Å². The number of amides is 1. The zero-order chi connectivity index (χ0) is 20.0. The minimum atomic E-state index is -3.47. The average molecular weight is 420 g/mol. The summed E-state index contributed by atoms with van der Waals surface area (Å²) in [5, 5.41) is 3.58. The van der Waals surface area contributed by atoms with Crippen molar-refractivity contribution in [2.75, 3.05) is 18.8 Å². The molecular weight excluding hydrogens is 394 g/mol.